The van der Waals surface area contributed by atoms with E-state index in [0.717, 1.165) is 10.1 Å². The minimum atomic E-state index is -1.04. The van der Waals surface area contributed by atoms with Gasteiger partial charge in [0.1, 0.15) is 0 Å². The van der Waals surface area contributed by atoms with Crippen LogP contribution in [0.25, 0.3) is 10.9 Å². The van der Waals surface area contributed by atoms with Crippen molar-refractivity contribution in [2.24, 2.45) is 0 Å². The molecule has 31 heavy (non-hydrogen) atoms. The largest absolute Gasteiger partial charge is 0.478 e. The van der Waals surface area contributed by atoms with Gasteiger partial charge in [0.05, 0.1) is 22.5 Å². The Labute approximate surface area is 177 Å². The molecule has 0 amide bonds. The van der Waals surface area contributed by atoms with E-state index in [1.165, 1.54) is 12.1 Å². The van der Waals surface area contributed by atoms with Crippen LogP contribution in [0.15, 0.2) is 82.4 Å². The molecule has 0 aliphatic carbocycles. The smallest absolute Gasteiger partial charge is 0.335 e. The van der Waals surface area contributed by atoms with Crippen molar-refractivity contribution >= 4 is 16.9 Å². The van der Waals surface area contributed by atoms with Crippen LogP contribution >= 0.6 is 0 Å². The third-order valence-electron chi connectivity index (χ3n) is 5.08. The second kappa shape index (κ2) is 8.17. The molecule has 0 spiro atoms. The molecule has 1 aromatic heterocycles. The molecule has 6 nitrogen and oxygen atoms in total. The molecule has 3 aromatic carbocycles. The minimum Gasteiger partial charge on any atom is -0.478 e. The van der Waals surface area contributed by atoms with E-state index in [2.05, 4.69) is 16.8 Å². The zero-order chi connectivity index (χ0) is 22.0. The Kier molecular flexibility index (Phi) is 5.25. The highest BCUT2D eigenvalue weighted by Crippen LogP contribution is 2.17. The van der Waals surface area contributed by atoms with E-state index in [1.54, 1.807) is 37.3 Å². The zero-order valence-corrected chi connectivity index (χ0v) is 16.6. The molecule has 0 aliphatic rings. The van der Waals surface area contributed by atoms with Gasteiger partial charge in [-0.15, -0.1) is 0 Å². The number of aromatic carboxylic acids is 1. The molecule has 0 radical (unpaired) electrons. The van der Waals surface area contributed by atoms with Crippen LogP contribution in [0.2, 0.25) is 0 Å². The van der Waals surface area contributed by atoms with Crippen LogP contribution in [0.1, 0.15) is 40.0 Å². The van der Waals surface area contributed by atoms with Crippen LogP contribution in [0.4, 0.5) is 0 Å². The number of nitrogens with one attached hydrogen (secondary N) is 1. The van der Waals surface area contributed by atoms with Crippen LogP contribution in [0.5, 0.6) is 0 Å². The maximum Gasteiger partial charge on any atom is 0.335 e. The van der Waals surface area contributed by atoms with Crippen molar-refractivity contribution in [2.45, 2.75) is 13.0 Å². The molecule has 0 bridgehead atoms. The second-order valence-electron chi connectivity index (χ2n) is 7.08. The molecule has 0 aliphatic heterocycles. The Morgan fingerprint density at radius 3 is 2.29 bits per heavy atom. The number of hydrogen-bond donors (Lipinski definition) is 2. The van der Waals surface area contributed by atoms with Gasteiger partial charge >= 0.3 is 11.7 Å². The minimum absolute atomic E-state index is 0.136. The summed E-state index contributed by atoms with van der Waals surface area (Å²) in [6, 6.07) is 20.1. The summed E-state index contributed by atoms with van der Waals surface area (Å²) in [6.45, 7) is 1.72. The summed E-state index contributed by atoms with van der Waals surface area (Å²) in [5, 5.41) is 9.41. The van der Waals surface area contributed by atoms with Gasteiger partial charge in [0.25, 0.3) is 5.56 Å². The van der Waals surface area contributed by atoms with E-state index in [0.29, 0.717) is 22.0 Å². The second-order valence-corrected chi connectivity index (χ2v) is 7.08. The Morgan fingerprint density at radius 1 is 0.935 bits per heavy atom. The third kappa shape index (κ3) is 4.02. The maximum absolute atomic E-state index is 13.2. The number of aromatic amines is 1. The Bertz CT molecular complexity index is 1450. The van der Waals surface area contributed by atoms with Gasteiger partial charge in [-0.25, -0.2) is 9.59 Å². The summed E-state index contributed by atoms with van der Waals surface area (Å²) < 4.78 is 1.13. The molecule has 2 N–H and O–H groups in total. The SMILES string of the molecule is CC(c1ccc(C(=O)O)cc1)n1c(=O)[nH]c2ccc(C#Cc3ccccc3)cc2c1=O. The topological polar surface area (TPSA) is 92.2 Å². The average Bonchev–Trinajstić information content (AvgIpc) is 2.78. The summed E-state index contributed by atoms with van der Waals surface area (Å²) in [6.07, 6.45) is 0. The zero-order valence-electron chi connectivity index (χ0n) is 16.6. The van der Waals surface area contributed by atoms with E-state index in [-0.39, 0.29) is 5.56 Å². The lowest BCUT2D eigenvalue weighted by molar-refractivity contribution is 0.0697. The predicted molar refractivity (Wildman–Crippen MR) is 118 cm³/mol. The van der Waals surface area contributed by atoms with Crippen molar-refractivity contribution in [1.82, 2.24) is 9.55 Å². The normalized spacial score (nSPS) is 11.5. The predicted octanol–water partition coefficient (Wildman–Crippen LogP) is 3.40. The monoisotopic (exact) mass is 410 g/mol. The lowest BCUT2D eigenvalue weighted by Gasteiger charge is -2.15. The number of H-pyrrole nitrogens is 1. The fourth-order valence-corrected chi connectivity index (χ4v) is 3.38. The van der Waals surface area contributed by atoms with Gasteiger partial charge in [-0.2, -0.15) is 0 Å². The highest BCUT2D eigenvalue weighted by molar-refractivity contribution is 5.87. The molecule has 0 saturated carbocycles. The summed E-state index contributed by atoms with van der Waals surface area (Å²) in [7, 11) is 0. The van der Waals surface area contributed by atoms with Gasteiger partial charge in [0.2, 0.25) is 0 Å². The number of carboxylic acids is 1. The van der Waals surface area contributed by atoms with Crippen molar-refractivity contribution in [3.05, 3.63) is 116 Å². The Balaban J connectivity index is 1.77. The van der Waals surface area contributed by atoms with Gasteiger partial charge in [0.15, 0.2) is 0 Å². The van der Waals surface area contributed by atoms with Crippen LogP contribution in [0, 0.1) is 11.8 Å². The van der Waals surface area contributed by atoms with E-state index < -0.39 is 23.3 Å². The Morgan fingerprint density at radius 2 is 1.61 bits per heavy atom. The van der Waals surface area contributed by atoms with Gasteiger partial charge in [-0.3, -0.25) is 9.36 Å². The first-order valence-corrected chi connectivity index (χ1v) is 9.63. The summed E-state index contributed by atoms with van der Waals surface area (Å²) in [5.41, 5.74) is 1.78. The molecular weight excluding hydrogens is 392 g/mol. The number of nitrogens with zero attached hydrogens (tertiary/aromatic N) is 1. The first-order valence-electron chi connectivity index (χ1n) is 9.63. The first kappa shape index (κ1) is 19.9. The van der Waals surface area contributed by atoms with Crippen molar-refractivity contribution in [1.29, 1.82) is 0 Å². The molecule has 1 unspecified atom stereocenters. The number of fused-ring (bicyclic) bond motifs is 1. The van der Waals surface area contributed by atoms with Crippen molar-refractivity contribution in [3.8, 4) is 11.8 Å². The molecule has 0 fully saturated rings. The van der Waals surface area contributed by atoms with E-state index in [4.69, 9.17) is 5.11 Å². The highest BCUT2D eigenvalue weighted by Gasteiger charge is 2.16. The van der Waals surface area contributed by atoms with Crippen molar-refractivity contribution in [2.75, 3.05) is 0 Å². The van der Waals surface area contributed by atoms with E-state index >= 15 is 0 Å². The molecule has 6 heteroatoms. The molecule has 152 valence electrons. The summed E-state index contributed by atoms with van der Waals surface area (Å²) >= 11 is 0. The first-order chi connectivity index (χ1) is 14.9. The van der Waals surface area contributed by atoms with Gasteiger partial charge < -0.3 is 10.1 Å². The number of carbonyl (C=O) groups is 1. The fourth-order valence-electron chi connectivity index (χ4n) is 3.38. The number of benzene rings is 3. The number of hydrogen-bond acceptors (Lipinski definition) is 3. The molecule has 1 atom stereocenters. The van der Waals surface area contributed by atoms with Crippen LogP contribution in [-0.4, -0.2) is 20.6 Å². The van der Waals surface area contributed by atoms with Crippen molar-refractivity contribution < 1.29 is 9.90 Å². The molecule has 4 aromatic rings. The lowest BCUT2D eigenvalue weighted by atomic mass is 10.1. The molecular formula is C25H18N2O4. The maximum atomic E-state index is 13.2. The van der Waals surface area contributed by atoms with E-state index in [1.807, 2.05) is 30.3 Å². The average molecular weight is 410 g/mol. The number of rotatable bonds is 3. The number of aromatic nitrogens is 2. The fraction of sp³-hybridized carbons (Fsp3) is 0.0800. The molecule has 1 heterocycles. The third-order valence-corrected chi connectivity index (χ3v) is 5.08. The molecule has 4 rings (SSSR count). The van der Waals surface area contributed by atoms with Gasteiger partial charge in [0, 0.05) is 11.1 Å². The highest BCUT2D eigenvalue weighted by atomic mass is 16.4. The van der Waals surface area contributed by atoms with Gasteiger partial charge in [-0.1, -0.05) is 42.2 Å². The van der Waals surface area contributed by atoms with Crippen LogP contribution in [-0.2, 0) is 0 Å². The standard InChI is InChI=1S/C25H18N2O4/c1-16(19-10-12-20(13-11-19)24(29)30)27-23(28)21-15-18(9-14-22(21)26-25(27)31)8-7-17-5-3-2-4-6-17/h2-6,9-16H,1H3,(H,26,31)(H,29,30). The lowest BCUT2D eigenvalue weighted by Crippen LogP contribution is -2.37. The van der Waals surface area contributed by atoms with Gasteiger partial charge in [-0.05, 0) is 55.0 Å². The number of carboxylic acid groups (broad SMARTS) is 1. The van der Waals surface area contributed by atoms with E-state index in [9.17, 15) is 14.4 Å². The summed E-state index contributed by atoms with van der Waals surface area (Å²) in [5.74, 6) is 5.06. The summed E-state index contributed by atoms with van der Waals surface area (Å²) in [4.78, 5) is 39.6. The van der Waals surface area contributed by atoms with Crippen molar-refractivity contribution in [3.63, 3.8) is 0 Å². The van der Waals surface area contributed by atoms with Crippen LogP contribution < -0.4 is 11.2 Å². The van der Waals surface area contributed by atoms with Crippen LogP contribution in [0.3, 0.4) is 0 Å². The quantitative estimate of drug-likeness (QED) is 0.507. The Hall–Kier alpha value is -4.37. The molecule has 0 saturated heterocycles.